The van der Waals surface area contributed by atoms with Gasteiger partial charge in [-0.15, -0.1) is 0 Å². The van der Waals surface area contributed by atoms with Crippen LogP contribution in [0.2, 0.25) is 0 Å². The van der Waals surface area contributed by atoms with Crippen molar-refractivity contribution in [3.63, 3.8) is 0 Å². The predicted octanol–water partition coefficient (Wildman–Crippen LogP) is 6.34. The predicted molar refractivity (Wildman–Crippen MR) is 150 cm³/mol. The van der Waals surface area contributed by atoms with Crippen LogP contribution in [0.3, 0.4) is 0 Å². The third-order valence-corrected chi connectivity index (χ3v) is 6.48. The summed E-state index contributed by atoms with van der Waals surface area (Å²) in [5.74, 6) is 0.840. The molecule has 4 rings (SSSR count). The second-order valence-corrected chi connectivity index (χ2v) is 10.8. The van der Waals surface area contributed by atoms with Gasteiger partial charge in [-0.05, 0) is 62.4 Å². The van der Waals surface area contributed by atoms with Gasteiger partial charge in [0.05, 0.1) is 18.8 Å². The minimum atomic E-state index is -0.528. The molecule has 3 aromatic rings. The van der Waals surface area contributed by atoms with Crippen molar-refractivity contribution in [1.29, 1.82) is 0 Å². The lowest BCUT2D eigenvalue weighted by atomic mass is 10.1. The van der Waals surface area contributed by atoms with E-state index >= 15 is 0 Å². The molecule has 38 heavy (non-hydrogen) atoms. The average molecular weight is 517 g/mol. The van der Waals surface area contributed by atoms with Crippen molar-refractivity contribution < 1.29 is 19.0 Å². The molecule has 1 heterocycles. The molecule has 0 radical (unpaired) electrons. The van der Waals surface area contributed by atoms with Gasteiger partial charge in [-0.3, -0.25) is 0 Å². The Balaban J connectivity index is 1.38. The van der Waals surface area contributed by atoms with Crippen molar-refractivity contribution in [2.24, 2.45) is 0 Å². The molecule has 202 valence electrons. The Morgan fingerprint density at radius 1 is 0.868 bits per heavy atom. The maximum absolute atomic E-state index is 12.9. The number of amides is 1. The van der Waals surface area contributed by atoms with Crippen LogP contribution in [0, 0.1) is 0 Å². The standard InChI is InChI=1S/C32H40N2O4/c1-32(2,3)38-31(35)34-20-10-15-30(37-24-27-13-8-5-9-14-27)29(22-34)33-21-25-16-18-28(19-17-25)36-23-26-11-6-4-7-12-26/h4-9,11-14,16-19,29-30,33H,10,15,20-24H2,1-3H3/t29-,30-/m1/s1. The van der Waals surface area contributed by atoms with Gasteiger partial charge in [-0.1, -0.05) is 72.8 Å². The second kappa shape index (κ2) is 13.4. The maximum atomic E-state index is 12.9. The summed E-state index contributed by atoms with van der Waals surface area (Å²) in [7, 11) is 0. The zero-order valence-electron chi connectivity index (χ0n) is 22.8. The molecule has 1 saturated heterocycles. The molecule has 6 heteroatoms. The van der Waals surface area contributed by atoms with Gasteiger partial charge in [0, 0.05) is 19.6 Å². The molecule has 0 unspecified atom stereocenters. The fourth-order valence-electron chi connectivity index (χ4n) is 4.49. The van der Waals surface area contributed by atoms with E-state index in [1.165, 1.54) is 0 Å². The van der Waals surface area contributed by atoms with Gasteiger partial charge in [0.2, 0.25) is 0 Å². The van der Waals surface area contributed by atoms with E-state index in [0.29, 0.717) is 32.8 Å². The van der Waals surface area contributed by atoms with E-state index < -0.39 is 5.60 Å². The number of hydrogen-bond donors (Lipinski definition) is 1. The van der Waals surface area contributed by atoms with Crippen molar-refractivity contribution in [1.82, 2.24) is 10.2 Å². The first-order valence-electron chi connectivity index (χ1n) is 13.5. The first-order chi connectivity index (χ1) is 18.4. The Kier molecular flexibility index (Phi) is 9.79. The van der Waals surface area contributed by atoms with Crippen LogP contribution in [-0.2, 0) is 29.2 Å². The number of ether oxygens (including phenoxy) is 3. The first kappa shape index (κ1) is 27.7. The summed E-state index contributed by atoms with van der Waals surface area (Å²) in [6, 6.07) is 28.5. The van der Waals surface area contributed by atoms with Crippen LogP contribution >= 0.6 is 0 Å². The molecule has 1 fully saturated rings. The zero-order valence-corrected chi connectivity index (χ0v) is 22.8. The van der Waals surface area contributed by atoms with Gasteiger partial charge in [0.15, 0.2) is 0 Å². The summed E-state index contributed by atoms with van der Waals surface area (Å²) in [5.41, 5.74) is 2.90. The molecule has 6 nitrogen and oxygen atoms in total. The number of nitrogens with zero attached hydrogens (tertiary/aromatic N) is 1. The van der Waals surface area contributed by atoms with Crippen molar-refractivity contribution in [2.45, 2.75) is 71.1 Å². The van der Waals surface area contributed by atoms with E-state index in [-0.39, 0.29) is 18.2 Å². The Bertz CT molecular complexity index is 1110. The lowest BCUT2D eigenvalue weighted by Crippen LogP contribution is -2.49. The Morgan fingerprint density at radius 3 is 2.13 bits per heavy atom. The second-order valence-electron chi connectivity index (χ2n) is 10.8. The van der Waals surface area contributed by atoms with Crippen LogP contribution in [0.15, 0.2) is 84.9 Å². The Hall–Kier alpha value is -3.35. The molecule has 0 bridgehead atoms. The molecule has 1 N–H and O–H groups in total. The van der Waals surface area contributed by atoms with E-state index in [1.54, 1.807) is 0 Å². The van der Waals surface area contributed by atoms with E-state index in [9.17, 15) is 4.79 Å². The molecule has 1 aliphatic rings. The van der Waals surface area contributed by atoms with Crippen LogP contribution < -0.4 is 10.1 Å². The average Bonchev–Trinajstić information content (AvgIpc) is 3.13. The van der Waals surface area contributed by atoms with Crippen LogP contribution in [0.5, 0.6) is 5.75 Å². The summed E-state index contributed by atoms with van der Waals surface area (Å²) < 4.78 is 18.0. The number of carbonyl (C=O) groups excluding carboxylic acids is 1. The van der Waals surface area contributed by atoms with Crippen LogP contribution in [0.25, 0.3) is 0 Å². The summed E-state index contributed by atoms with van der Waals surface area (Å²) >= 11 is 0. The highest BCUT2D eigenvalue weighted by atomic mass is 16.6. The third kappa shape index (κ3) is 8.89. The zero-order chi connectivity index (χ0) is 26.8. The van der Waals surface area contributed by atoms with Crippen LogP contribution in [-0.4, -0.2) is 41.8 Å². The highest BCUT2D eigenvalue weighted by Gasteiger charge is 2.32. The minimum Gasteiger partial charge on any atom is -0.489 e. The number of nitrogens with one attached hydrogen (secondary N) is 1. The molecule has 1 aliphatic heterocycles. The Morgan fingerprint density at radius 2 is 1.50 bits per heavy atom. The lowest BCUT2D eigenvalue weighted by Gasteiger charge is -2.31. The highest BCUT2D eigenvalue weighted by molar-refractivity contribution is 5.68. The molecule has 2 atom stereocenters. The number of likely N-dealkylation sites (tertiary alicyclic amines) is 1. The number of carbonyl (C=O) groups is 1. The molecule has 0 aromatic heterocycles. The van der Waals surface area contributed by atoms with E-state index in [2.05, 4.69) is 41.7 Å². The fourth-order valence-corrected chi connectivity index (χ4v) is 4.49. The van der Waals surface area contributed by atoms with Gasteiger partial charge in [0.25, 0.3) is 0 Å². The van der Waals surface area contributed by atoms with Crippen LogP contribution in [0.4, 0.5) is 4.79 Å². The quantitative estimate of drug-likeness (QED) is 0.360. The van der Waals surface area contributed by atoms with Crippen molar-refractivity contribution in [3.8, 4) is 5.75 Å². The molecule has 0 aliphatic carbocycles. The largest absolute Gasteiger partial charge is 0.489 e. The molecule has 0 spiro atoms. The summed E-state index contributed by atoms with van der Waals surface area (Å²) in [5, 5.41) is 3.67. The number of hydrogen-bond acceptors (Lipinski definition) is 5. The van der Waals surface area contributed by atoms with Crippen LogP contribution in [0.1, 0.15) is 50.3 Å². The smallest absolute Gasteiger partial charge is 0.410 e. The van der Waals surface area contributed by atoms with Crippen molar-refractivity contribution >= 4 is 6.09 Å². The molecular weight excluding hydrogens is 476 g/mol. The monoisotopic (exact) mass is 516 g/mol. The normalized spacial score (nSPS) is 18.0. The van der Waals surface area contributed by atoms with E-state index in [4.69, 9.17) is 14.2 Å². The van der Waals surface area contributed by atoms with Crippen molar-refractivity contribution in [3.05, 3.63) is 102 Å². The van der Waals surface area contributed by atoms with Gasteiger partial charge in [0.1, 0.15) is 18.0 Å². The van der Waals surface area contributed by atoms with Gasteiger partial charge < -0.3 is 24.4 Å². The Labute approximate surface area is 226 Å². The summed E-state index contributed by atoms with van der Waals surface area (Å²) in [6.45, 7) is 8.65. The number of rotatable bonds is 9. The first-order valence-corrected chi connectivity index (χ1v) is 13.5. The minimum absolute atomic E-state index is 0.0175. The van der Waals surface area contributed by atoms with Gasteiger partial charge >= 0.3 is 6.09 Å². The van der Waals surface area contributed by atoms with Gasteiger partial charge in [-0.2, -0.15) is 0 Å². The highest BCUT2D eigenvalue weighted by Crippen LogP contribution is 2.21. The summed E-state index contributed by atoms with van der Waals surface area (Å²) in [4.78, 5) is 14.7. The van der Waals surface area contributed by atoms with E-state index in [1.807, 2.05) is 74.2 Å². The summed E-state index contributed by atoms with van der Waals surface area (Å²) in [6.07, 6.45) is 1.45. The molecule has 0 saturated carbocycles. The number of benzene rings is 3. The topological polar surface area (TPSA) is 60.0 Å². The van der Waals surface area contributed by atoms with Crippen molar-refractivity contribution in [2.75, 3.05) is 13.1 Å². The maximum Gasteiger partial charge on any atom is 0.410 e. The molecule has 1 amide bonds. The fraction of sp³-hybridized carbons (Fsp3) is 0.406. The third-order valence-electron chi connectivity index (χ3n) is 6.48. The SMILES string of the molecule is CC(C)(C)OC(=O)N1CCC[C@@H](OCc2ccccc2)[C@H](NCc2ccc(OCc3ccccc3)cc2)C1. The molecule has 3 aromatic carbocycles. The lowest BCUT2D eigenvalue weighted by molar-refractivity contribution is 0.00361. The van der Waals surface area contributed by atoms with E-state index in [0.717, 1.165) is 35.3 Å². The molecular formula is C32H40N2O4. The van der Waals surface area contributed by atoms with Gasteiger partial charge in [-0.25, -0.2) is 4.79 Å².